The van der Waals surface area contributed by atoms with E-state index in [1.807, 2.05) is 0 Å². The van der Waals surface area contributed by atoms with Crippen LogP contribution in [0.25, 0.3) is 0 Å². The van der Waals surface area contributed by atoms with Gasteiger partial charge in [0, 0.05) is 0 Å². The van der Waals surface area contributed by atoms with Crippen molar-refractivity contribution in [2.45, 2.75) is 43.5 Å². The molecule has 0 saturated carbocycles. The van der Waals surface area contributed by atoms with Gasteiger partial charge in [0.1, 0.15) is 31.0 Å². The minimum atomic E-state index is -1.70. The standard InChI is InChI=1S/C12H18O9/c1-2-19-7(13)3-4-8(14)20-5-6-9(15)10(16)11(17)12(18)21-6/h2,6,9-12,15-18H,1,3-5H2/t6-,9-,10+,11+,12+/m1/s1. The summed E-state index contributed by atoms with van der Waals surface area (Å²) in [5, 5.41) is 37.6. The highest BCUT2D eigenvalue weighted by Crippen LogP contribution is 2.20. The van der Waals surface area contributed by atoms with Crippen LogP contribution in [-0.2, 0) is 23.8 Å². The van der Waals surface area contributed by atoms with E-state index in [4.69, 9.17) is 9.47 Å². The maximum atomic E-state index is 11.4. The van der Waals surface area contributed by atoms with Crippen molar-refractivity contribution < 1.29 is 44.2 Å². The fourth-order valence-corrected chi connectivity index (χ4v) is 1.67. The van der Waals surface area contributed by atoms with Crippen molar-refractivity contribution >= 4 is 11.9 Å². The first-order valence-electron chi connectivity index (χ1n) is 6.20. The first-order valence-corrected chi connectivity index (χ1v) is 6.20. The Morgan fingerprint density at radius 2 is 1.67 bits per heavy atom. The van der Waals surface area contributed by atoms with Gasteiger partial charge in [-0.1, -0.05) is 6.58 Å². The van der Waals surface area contributed by atoms with E-state index in [0.717, 1.165) is 6.26 Å². The third-order valence-electron chi connectivity index (χ3n) is 2.84. The van der Waals surface area contributed by atoms with Gasteiger partial charge in [0.2, 0.25) is 0 Å². The Bertz CT molecular complexity index is 383. The van der Waals surface area contributed by atoms with E-state index < -0.39 is 49.3 Å². The van der Waals surface area contributed by atoms with Crippen LogP contribution in [0, 0.1) is 0 Å². The summed E-state index contributed by atoms with van der Waals surface area (Å²) in [7, 11) is 0. The molecule has 0 aromatic heterocycles. The zero-order chi connectivity index (χ0) is 16.0. The van der Waals surface area contributed by atoms with E-state index in [-0.39, 0.29) is 12.8 Å². The molecule has 4 N–H and O–H groups in total. The molecule has 21 heavy (non-hydrogen) atoms. The Morgan fingerprint density at radius 1 is 1.05 bits per heavy atom. The number of aliphatic hydroxyl groups is 4. The maximum absolute atomic E-state index is 11.4. The molecule has 1 heterocycles. The van der Waals surface area contributed by atoms with Gasteiger partial charge < -0.3 is 34.6 Å². The van der Waals surface area contributed by atoms with E-state index in [1.54, 1.807) is 0 Å². The Morgan fingerprint density at radius 3 is 2.29 bits per heavy atom. The van der Waals surface area contributed by atoms with Gasteiger partial charge in [0.15, 0.2) is 6.29 Å². The van der Waals surface area contributed by atoms with E-state index in [2.05, 4.69) is 11.3 Å². The highest BCUT2D eigenvalue weighted by atomic mass is 16.6. The molecular weight excluding hydrogens is 288 g/mol. The van der Waals surface area contributed by atoms with E-state index in [0.29, 0.717) is 0 Å². The number of aliphatic hydroxyl groups excluding tert-OH is 4. The summed E-state index contributed by atoms with van der Waals surface area (Å²) in [6.07, 6.45) is -7.21. The van der Waals surface area contributed by atoms with Gasteiger partial charge in [0.25, 0.3) is 0 Å². The number of carbonyl (C=O) groups is 2. The summed E-state index contributed by atoms with van der Waals surface area (Å²) < 4.78 is 14.0. The minimum Gasteiger partial charge on any atom is -0.463 e. The molecule has 0 amide bonds. The fourth-order valence-electron chi connectivity index (χ4n) is 1.67. The molecule has 1 rings (SSSR count). The quantitative estimate of drug-likeness (QED) is 0.317. The van der Waals surface area contributed by atoms with Crippen molar-refractivity contribution in [2.24, 2.45) is 0 Å². The van der Waals surface area contributed by atoms with Gasteiger partial charge >= 0.3 is 11.9 Å². The molecule has 0 aliphatic carbocycles. The third kappa shape index (κ3) is 5.06. The lowest BCUT2D eigenvalue weighted by Crippen LogP contribution is -2.58. The maximum Gasteiger partial charge on any atom is 0.311 e. The molecule has 0 unspecified atom stereocenters. The van der Waals surface area contributed by atoms with Crippen LogP contribution in [0.3, 0.4) is 0 Å². The molecule has 0 radical (unpaired) electrons. The van der Waals surface area contributed by atoms with Gasteiger partial charge in [-0.2, -0.15) is 0 Å². The summed E-state index contributed by atoms with van der Waals surface area (Å²) in [4.78, 5) is 22.3. The van der Waals surface area contributed by atoms with Gasteiger partial charge in [-0.3, -0.25) is 9.59 Å². The zero-order valence-corrected chi connectivity index (χ0v) is 11.1. The van der Waals surface area contributed by atoms with E-state index >= 15 is 0 Å². The first-order chi connectivity index (χ1) is 9.86. The molecule has 1 fully saturated rings. The van der Waals surface area contributed by atoms with Crippen LogP contribution in [-0.4, -0.2) is 69.7 Å². The second kappa shape index (κ2) is 8.05. The van der Waals surface area contributed by atoms with Crippen LogP contribution in [0.15, 0.2) is 12.8 Å². The second-order valence-corrected chi connectivity index (χ2v) is 4.38. The number of rotatable bonds is 6. The number of ether oxygens (including phenoxy) is 3. The molecule has 120 valence electrons. The van der Waals surface area contributed by atoms with Crippen molar-refractivity contribution in [1.82, 2.24) is 0 Å². The van der Waals surface area contributed by atoms with Gasteiger partial charge in [-0.15, -0.1) is 0 Å². The van der Waals surface area contributed by atoms with Gasteiger partial charge in [0.05, 0.1) is 19.1 Å². The van der Waals surface area contributed by atoms with E-state index in [9.17, 15) is 30.0 Å². The minimum absolute atomic E-state index is 0.205. The molecule has 9 nitrogen and oxygen atoms in total. The zero-order valence-electron chi connectivity index (χ0n) is 11.1. The molecule has 0 bridgehead atoms. The summed E-state index contributed by atoms with van der Waals surface area (Å²) >= 11 is 0. The molecule has 5 atom stereocenters. The fraction of sp³-hybridized carbons (Fsp3) is 0.667. The normalized spacial score (nSPS) is 32.3. The number of hydrogen-bond acceptors (Lipinski definition) is 9. The van der Waals surface area contributed by atoms with Crippen LogP contribution in [0.5, 0.6) is 0 Å². The highest BCUT2D eigenvalue weighted by Gasteiger charge is 2.43. The Labute approximate surface area is 120 Å². The average Bonchev–Trinajstić information content (AvgIpc) is 2.45. The largest absolute Gasteiger partial charge is 0.463 e. The van der Waals surface area contributed by atoms with Crippen molar-refractivity contribution in [3.05, 3.63) is 12.8 Å². The van der Waals surface area contributed by atoms with Crippen LogP contribution < -0.4 is 0 Å². The molecule has 1 aliphatic rings. The predicted molar refractivity (Wildman–Crippen MR) is 65.4 cm³/mol. The van der Waals surface area contributed by atoms with Crippen molar-refractivity contribution in [3.8, 4) is 0 Å². The van der Waals surface area contributed by atoms with Crippen molar-refractivity contribution in [1.29, 1.82) is 0 Å². The predicted octanol–water partition coefficient (Wildman–Crippen LogP) is -2.20. The summed E-state index contributed by atoms with van der Waals surface area (Å²) in [6.45, 7) is 2.74. The molecule has 1 saturated heterocycles. The van der Waals surface area contributed by atoms with Gasteiger partial charge in [-0.05, 0) is 0 Å². The average molecular weight is 306 g/mol. The summed E-state index contributed by atoms with van der Waals surface area (Å²) in [5.41, 5.74) is 0. The number of hydrogen-bond donors (Lipinski definition) is 4. The lowest BCUT2D eigenvalue weighted by molar-refractivity contribution is -0.287. The smallest absolute Gasteiger partial charge is 0.311 e. The van der Waals surface area contributed by atoms with Crippen molar-refractivity contribution in [2.75, 3.05) is 6.61 Å². The number of esters is 2. The molecule has 0 spiro atoms. The van der Waals surface area contributed by atoms with Gasteiger partial charge in [-0.25, -0.2) is 0 Å². The summed E-state index contributed by atoms with van der Waals surface area (Å²) in [6, 6.07) is 0. The first kappa shape index (κ1) is 17.5. The topological polar surface area (TPSA) is 143 Å². The second-order valence-electron chi connectivity index (χ2n) is 4.38. The monoisotopic (exact) mass is 306 g/mol. The van der Waals surface area contributed by atoms with Crippen LogP contribution in [0.4, 0.5) is 0 Å². The Balaban J connectivity index is 2.35. The molecule has 0 aromatic rings. The Hall–Kier alpha value is -1.52. The van der Waals surface area contributed by atoms with Crippen LogP contribution in [0.2, 0.25) is 0 Å². The molecular formula is C12H18O9. The van der Waals surface area contributed by atoms with Crippen LogP contribution >= 0.6 is 0 Å². The lowest BCUT2D eigenvalue weighted by Gasteiger charge is -2.37. The summed E-state index contributed by atoms with van der Waals surface area (Å²) in [5.74, 6) is -1.40. The van der Waals surface area contributed by atoms with Crippen LogP contribution in [0.1, 0.15) is 12.8 Å². The number of carbonyl (C=O) groups excluding carboxylic acids is 2. The molecule has 9 heteroatoms. The Kier molecular flexibility index (Phi) is 6.72. The van der Waals surface area contributed by atoms with E-state index in [1.165, 1.54) is 0 Å². The van der Waals surface area contributed by atoms with Crippen molar-refractivity contribution in [3.63, 3.8) is 0 Å². The highest BCUT2D eigenvalue weighted by molar-refractivity contribution is 5.77. The lowest BCUT2D eigenvalue weighted by atomic mass is 9.99. The molecule has 0 aromatic carbocycles. The molecule has 1 aliphatic heterocycles. The third-order valence-corrected chi connectivity index (χ3v) is 2.84. The SMILES string of the molecule is C=COC(=O)CCC(=O)OC[C@H]1O[C@H](O)[C@@H](O)[C@@H](O)[C@@H]1O.